The van der Waals surface area contributed by atoms with E-state index in [1.807, 2.05) is 0 Å². The van der Waals surface area contributed by atoms with Gasteiger partial charge >= 0.3 is 23.9 Å². The third kappa shape index (κ3) is 43.9. The molecule has 0 radical (unpaired) electrons. The molecule has 29 N–H and O–H groups in total. The van der Waals surface area contributed by atoms with Gasteiger partial charge in [-0.2, -0.15) is 24.4 Å². The molecule has 0 spiro atoms. The summed E-state index contributed by atoms with van der Waals surface area (Å²) in [6.45, 7) is 16.1. The molecule has 0 aromatic heterocycles. The Hall–Kier alpha value is -13.5. The summed E-state index contributed by atoms with van der Waals surface area (Å²) in [7, 11) is 0. The van der Waals surface area contributed by atoms with Crippen molar-refractivity contribution in [3.05, 3.63) is 35.9 Å². The number of carboxylic acids is 4. The molecule has 2 heterocycles. The quantitative estimate of drug-likeness (QED) is 0.0213. The maximum absolute atomic E-state index is 14.9. The van der Waals surface area contributed by atoms with Crippen LogP contribution in [0.15, 0.2) is 30.3 Å². The summed E-state index contributed by atoms with van der Waals surface area (Å²) in [5.74, 6) is -32.4. The average molecular weight is 2130 g/mol. The first-order valence-corrected chi connectivity index (χ1v) is 50.8. The maximum Gasteiger partial charge on any atom is 0.326 e. The van der Waals surface area contributed by atoms with Crippen molar-refractivity contribution in [3.63, 3.8) is 0 Å². The Morgan fingerprint density at radius 3 is 1.24 bits per heavy atom. The minimum absolute atomic E-state index is 0.0249. The van der Waals surface area contributed by atoms with E-state index in [9.17, 15) is 151 Å². The van der Waals surface area contributed by atoms with Gasteiger partial charge in [-0.15, -0.1) is 0 Å². The number of amides is 21. The summed E-state index contributed by atoms with van der Waals surface area (Å²) >= 11 is 5.20. The van der Waals surface area contributed by atoms with Gasteiger partial charge in [-0.25, -0.2) is 4.79 Å². The number of nitrogens with one attached hydrogen (secondary N) is 17. The highest BCUT2D eigenvalue weighted by atomic mass is 32.2. The van der Waals surface area contributed by atoms with Gasteiger partial charge < -0.3 is 148 Å². The van der Waals surface area contributed by atoms with E-state index in [-0.39, 0.29) is 108 Å². The fourth-order valence-corrected chi connectivity index (χ4v) is 16.6. The van der Waals surface area contributed by atoms with Gasteiger partial charge in [0.2, 0.25) is 124 Å². The van der Waals surface area contributed by atoms with Crippen LogP contribution < -0.4 is 108 Å². The first kappa shape index (κ1) is 129. The predicted molar refractivity (Wildman–Crippen MR) is 532 cm³/mol. The summed E-state index contributed by atoms with van der Waals surface area (Å²) in [5, 5.41) is 101. The summed E-state index contributed by atoms with van der Waals surface area (Å²) < 4.78 is 0. The number of carbonyl (C=O) groups is 25. The second-order valence-corrected chi connectivity index (χ2v) is 39.0. The number of thioether (sulfide) groups is 1. The van der Waals surface area contributed by atoms with Crippen molar-refractivity contribution >= 4 is 172 Å². The molecular weight excluding hydrogens is 1990 g/mol. The molecule has 55 heteroatoms. The van der Waals surface area contributed by atoms with Crippen molar-refractivity contribution in [2.45, 2.75) is 314 Å². The number of carbonyl (C=O) groups excluding carboxylic acids is 21. The minimum atomic E-state index is -2.11. The van der Waals surface area contributed by atoms with E-state index in [1.54, 1.807) is 85.1 Å². The number of rotatable bonds is 67. The van der Waals surface area contributed by atoms with Gasteiger partial charge in [-0.05, 0) is 125 Å². The number of hydrogen-bond acceptors (Lipinski definition) is 30. The summed E-state index contributed by atoms with van der Waals surface area (Å²) in [6.07, 6.45) is -4.72. The van der Waals surface area contributed by atoms with E-state index in [1.165, 1.54) is 32.5 Å². The first-order chi connectivity index (χ1) is 69.5. The number of likely N-dealkylation sites (tertiary alicyclic amines) is 2. The number of benzene rings is 1. The largest absolute Gasteiger partial charge is 0.481 e. The molecule has 3 rings (SSSR count). The molecule has 828 valence electrons. The van der Waals surface area contributed by atoms with Crippen LogP contribution in [0.25, 0.3) is 0 Å². The Morgan fingerprint density at radius 2 is 0.797 bits per heavy atom. The van der Waals surface area contributed by atoms with Crippen molar-refractivity contribution in [2.24, 2.45) is 46.8 Å². The molecule has 2 saturated heterocycles. The first-order valence-electron chi connectivity index (χ1n) is 48.8. The third-order valence-electron chi connectivity index (χ3n) is 24.2. The van der Waals surface area contributed by atoms with Crippen LogP contribution in [0.4, 0.5) is 0 Å². The van der Waals surface area contributed by atoms with E-state index >= 15 is 0 Å². The number of aliphatic hydroxyl groups is 2. The number of nitrogens with two attached hydrogens (primary N) is 3. The van der Waals surface area contributed by atoms with Gasteiger partial charge in [0.05, 0.1) is 51.4 Å². The van der Waals surface area contributed by atoms with Crippen molar-refractivity contribution in [1.82, 2.24) is 100 Å². The number of aliphatic carboxylic acids is 4. The molecule has 53 nitrogen and oxygen atoms in total. The van der Waals surface area contributed by atoms with Crippen LogP contribution in [0.2, 0.25) is 0 Å². The molecular formula is C93H148N22O31S2. The topological polar surface area (TPSA) is 837 Å². The lowest BCUT2D eigenvalue weighted by molar-refractivity contribution is -0.151. The lowest BCUT2D eigenvalue weighted by Gasteiger charge is -2.32. The Labute approximate surface area is 865 Å². The number of thiol groups is 1. The average Bonchev–Trinajstić information content (AvgIpc) is 1.64. The third-order valence-corrected chi connectivity index (χ3v) is 25.2. The van der Waals surface area contributed by atoms with Gasteiger partial charge in [0, 0.05) is 32.2 Å². The van der Waals surface area contributed by atoms with Crippen LogP contribution >= 0.6 is 24.4 Å². The smallest absolute Gasteiger partial charge is 0.326 e. The number of nitrogens with zero attached hydrogens (tertiary/aromatic N) is 2. The van der Waals surface area contributed by atoms with Crippen molar-refractivity contribution in [2.75, 3.05) is 50.5 Å². The van der Waals surface area contributed by atoms with Crippen molar-refractivity contribution in [1.29, 1.82) is 0 Å². The molecule has 1 aromatic carbocycles. The molecule has 0 aliphatic carbocycles. The summed E-state index contributed by atoms with van der Waals surface area (Å²) in [5.41, 5.74) is 17.1. The fourth-order valence-electron chi connectivity index (χ4n) is 15.9. The van der Waals surface area contributed by atoms with E-state index in [2.05, 4.69) is 103 Å². The minimum Gasteiger partial charge on any atom is -0.481 e. The normalized spacial score (nSPS) is 17.1. The highest BCUT2D eigenvalue weighted by Crippen LogP contribution is 2.25. The molecule has 2 fully saturated rings. The van der Waals surface area contributed by atoms with Gasteiger partial charge in [0.1, 0.15) is 109 Å². The summed E-state index contributed by atoms with van der Waals surface area (Å²) in [4.78, 5) is 343. The van der Waals surface area contributed by atoms with E-state index < -0.39 is 332 Å². The van der Waals surface area contributed by atoms with E-state index in [0.717, 1.165) is 23.6 Å². The van der Waals surface area contributed by atoms with Gasteiger partial charge in [0.25, 0.3) is 0 Å². The molecule has 0 unspecified atom stereocenters. The van der Waals surface area contributed by atoms with Crippen LogP contribution in [0, 0.1) is 29.6 Å². The van der Waals surface area contributed by atoms with Gasteiger partial charge in [-0.3, -0.25) is 115 Å². The van der Waals surface area contributed by atoms with Crippen molar-refractivity contribution in [3.8, 4) is 0 Å². The summed E-state index contributed by atoms with van der Waals surface area (Å²) in [6, 6.07) is -22.1. The Kier molecular flexibility index (Phi) is 56.2. The van der Waals surface area contributed by atoms with Gasteiger partial charge in [-0.1, -0.05) is 112 Å². The van der Waals surface area contributed by atoms with Crippen LogP contribution in [-0.2, 0) is 126 Å². The highest BCUT2D eigenvalue weighted by molar-refractivity contribution is 7.98. The number of carboxylic acid groups (broad SMARTS) is 4. The van der Waals surface area contributed by atoms with Gasteiger partial charge in [0.15, 0.2) is 0 Å². The SMILES string of the molecule is CC[C@H](C)[C@H](NC(=O)[C@H](CC(=O)O)NC(=O)[C@H](CO)NC(=O)[C@@H]1CCCN1C(=O)[C@H](CC(C)C)NC(=O)[C@@H](NC(=O)[C@H](CC(N)=O)NC(=O)CNC(=O)[C@H](CS)NC(=O)[C@H](CC(=O)O)NC(C)=O)[C@@H](C)CC)C(=O)N[C@@H](CCSC)C(=O)N[C@@H](CC(=O)O)C(=O)N[C@@H](Cc1ccccc1)C(=O)N[C@H](C(=O)N[C@@H](CC(C)C)C(=O)N[C@@H](CCCCN)C(=O)N[C@@H](CC(N)=O)C(=O)N[C@H](C(=O)N1CCC[C@H]1C(=O)O)[C@@H](C)O)C(C)C. The molecule has 0 bridgehead atoms. The standard InChI is InChI=1S/C93H148N22O31S2/c1-14-47(9)73(112-85(137)60(40-71(126)127)105-86(138)62(42-116)108-87(139)64-26-21-30-114(64)91(143)61(34-45(5)6)107-90(142)74(48(10)15-2)111-83(135)56(36-66(95)119)99-68(121)41-97-76(128)63(43-147)109-80(132)58(38-69(122)123)98-50(12)118)89(141)101-53(28-32-148-13)78(130)104-59(39-70(124)125)81(133)102-55(35-51-23-17-16-18-24-51)82(134)110-72(46(7)8)88(140)106-54(33-44(3)4)79(131)100-52(25-19-20-29-94)77(129)103-57(37-67(96)120)84(136)113-75(49(11)117)92(144)115-31-22-27-65(115)93(145)146/h16-18,23-24,44-49,52-65,72-75,116-117,147H,14-15,19-22,25-43,94H2,1-13H3,(H2,95,119)(H2,96,120)(H,97,128)(H,98,118)(H,99,121)(H,100,131)(H,101,141)(H,102,133)(H,103,129)(H,104,130)(H,105,138)(H,106,140)(H,107,142)(H,108,139)(H,109,132)(H,110,134)(H,111,135)(H,112,137)(H,113,136)(H,122,123)(H,124,125)(H,126,127)(H,145,146)/t47-,48-,49+,52-,53-,54-,55-,56-,57-,58-,59-,60-,61-,62-,63-,64-,65-,72-,73-,74-,75-/m0/s1. The molecule has 21 amide bonds. The van der Waals surface area contributed by atoms with Crippen LogP contribution in [0.5, 0.6) is 0 Å². The fraction of sp³-hybridized carbons (Fsp3) is 0.667. The second-order valence-electron chi connectivity index (χ2n) is 37.6. The molecule has 2 aliphatic rings. The highest BCUT2D eigenvalue weighted by Gasteiger charge is 2.46. The molecule has 21 atom stereocenters. The zero-order valence-electron chi connectivity index (χ0n) is 85.3. The zero-order chi connectivity index (χ0) is 112. The number of unbranched alkanes of at least 4 members (excludes halogenated alkanes) is 1. The van der Waals surface area contributed by atoms with Crippen LogP contribution in [-0.4, -0.2) is 354 Å². The predicted octanol–water partition coefficient (Wildman–Crippen LogP) is -7.61. The number of hydrogen-bond donors (Lipinski definition) is 27. The van der Waals surface area contributed by atoms with Crippen molar-refractivity contribution < 1.29 is 151 Å². The Balaban J connectivity index is 1.90. The molecule has 0 saturated carbocycles. The monoisotopic (exact) mass is 2130 g/mol. The number of aliphatic hydroxyl groups excluding tert-OH is 2. The Bertz CT molecular complexity index is 4790. The molecule has 2 aliphatic heterocycles. The molecule has 148 heavy (non-hydrogen) atoms. The molecule has 1 aromatic rings. The van der Waals surface area contributed by atoms with Crippen LogP contribution in [0.3, 0.4) is 0 Å². The second kappa shape index (κ2) is 64.6. The lowest BCUT2D eigenvalue weighted by Crippen LogP contribution is -2.62. The lowest BCUT2D eigenvalue weighted by atomic mass is 9.96. The maximum atomic E-state index is 14.9. The Morgan fingerprint density at radius 1 is 0.419 bits per heavy atom. The van der Waals surface area contributed by atoms with E-state index in [0.29, 0.717) is 18.4 Å². The van der Waals surface area contributed by atoms with E-state index in [4.69, 9.17) is 17.2 Å². The van der Waals surface area contributed by atoms with Crippen LogP contribution in [0.1, 0.15) is 198 Å². The zero-order valence-corrected chi connectivity index (χ0v) is 87.0. The number of primary amides is 2.